The van der Waals surface area contributed by atoms with E-state index in [2.05, 4.69) is 12.6 Å². The molecule has 18 heavy (non-hydrogen) atoms. The fourth-order valence-electron chi connectivity index (χ4n) is 2.05. The van der Waals surface area contributed by atoms with E-state index in [9.17, 15) is 14.0 Å². The van der Waals surface area contributed by atoms with Crippen LogP contribution < -0.4 is 4.90 Å². The molecule has 1 heterocycles. The van der Waals surface area contributed by atoms with E-state index in [0.717, 1.165) is 12.1 Å². The zero-order valence-corrected chi connectivity index (χ0v) is 10.4. The van der Waals surface area contributed by atoms with Crippen LogP contribution in [0.4, 0.5) is 10.1 Å². The summed E-state index contributed by atoms with van der Waals surface area (Å²) in [5.74, 6) is -1.36. The van der Waals surface area contributed by atoms with E-state index >= 15 is 0 Å². The number of carbonyl (C=O) groups excluding carboxylic acids is 1. The van der Waals surface area contributed by atoms with Gasteiger partial charge in [-0.1, -0.05) is 0 Å². The summed E-state index contributed by atoms with van der Waals surface area (Å²) < 4.78 is 13.1. The summed E-state index contributed by atoms with van der Waals surface area (Å²) in [6, 6.07) is 3.42. The van der Waals surface area contributed by atoms with E-state index in [1.807, 2.05) is 0 Å². The van der Waals surface area contributed by atoms with Crippen molar-refractivity contribution in [3.63, 3.8) is 0 Å². The highest BCUT2D eigenvalue weighted by Gasteiger charge is 2.32. The lowest BCUT2D eigenvalue weighted by molar-refractivity contribution is -0.117. The molecule has 96 valence electrons. The van der Waals surface area contributed by atoms with Crippen molar-refractivity contribution in [2.75, 3.05) is 17.2 Å². The maximum absolute atomic E-state index is 13.1. The Morgan fingerprint density at radius 3 is 2.83 bits per heavy atom. The van der Waals surface area contributed by atoms with Crippen LogP contribution in [0.2, 0.25) is 0 Å². The summed E-state index contributed by atoms with van der Waals surface area (Å²) in [5, 5.41) is 9.04. The smallest absolute Gasteiger partial charge is 0.337 e. The van der Waals surface area contributed by atoms with E-state index in [1.165, 1.54) is 11.0 Å². The summed E-state index contributed by atoms with van der Waals surface area (Å²) in [5.41, 5.74) is 0.0568. The molecule has 0 aliphatic carbocycles. The number of hydrogen-bond donors (Lipinski definition) is 2. The summed E-state index contributed by atoms with van der Waals surface area (Å²) in [6.45, 7) is 0.425. The van der Waals surface area contributed by atoms with Gasteiger partial charge in [-0.05, 0) is 29.9 Å². The van der Waals surface area contributed by atoms with E-state index in [0.29, 0.717) is 18.7 Å². The van der Waals surface area contributed by atoms with Crippen LogP contribution in [0.25, 0.3) is 0 Å². The first-order valence-corrected chi connectivity index (χ1v) is 6.10. The molecule has 4 nitrogen and oxygen atoms in total. The van der Waals surface area contributed by atoms with Crippen molar-refractivity contribution in [3.8, 4) is 0 Å². The van der Waals surface area contributed by atoms with Gasteiger partial charge >= 0.3 is 5.97 Å². The topological polar surface area (TPSA) is 57.6 Å². The Balaban J connectivity index is 2.39. The van der Waals surface area contributed by atoms with E-state index in [1.54, 1.807) is 0 Å². The third kappa shape index (κ3) is 2.33. The molecule has 6 heteroatoms. The van der Waals surface area contributed by atoms with Crippen LogP contribution in [0.3, 0.4) is 0 Å². The lowest BCUT2D eigenvalue weighted by atomic mass is 10.1. The third-order valence-electron chi connectivity index (χ3n) is 2.94. The predicted octanol–water partition coefficient (Wildman–Crippen LogP) is 1.81. The van der Waals surface area contributed by atoms with Gasteiger partial charge in [0.25, 0.3) is 0 Å². The number of benzene rings is 1. The highest BCUT2D eigenvalue weighted by atomic mass is 32.1. The lowest BCUT2D eigenvalue weighted by Crippen LogP contribution is -2.26. The molecule has 1 amide bonds. The minimum absolute atomic E-state index is 0.104. The Morgan fingerprint density at radius 2 is 2.28 bits per heavy atom. The summed E-state index contributed by atoms with van der Waals surface area (Å²) in [4.78, 5) is 24.3. The van der Waals surface area contributed by atoms with Crippen LogP contribution in [0.5, 0.6) is 0 Å². The SMILES string of the molecule is O=C(O)c1cc(F)ccc1N1CC(CS)CC1=O. The number of carboxylic acids is 1. The van der Waals surface area contributed by atoms with Crippen molar-refractivity contribution >= 4 is 30.2 Å². The van der Waals surface area contributed by atoms with Crippen molar-refractivity contribution < 1.29 is 19.1 Å². The van der Waals surface area contributed by atoms with E-state index < -0.39 is 11.8 Å². The number of hydrogen-bond acceptors (Lipinski definition) is 3. The van der Waals surface area contributed by atoms with Gasteiger partial charge in [-0.15, -0.1) is 0 Å². The number of nitrogens with zero attached hydrogens (tertiary/aromatic N) is 1. The van der Waals surface area contributed by atoms with E-state index in [4.69, 9.17) is 5.11 Å². The molecule has 0 saturated carbocycles. The Hall–Kier alpha value is -1.56. The minimum atomic E-state index is -1.24. The van der Waals surface area contributed by atoms with Gasteiger partial charge in [0.15, 0.2) is 0 Å². The van der Waals surface area contributed by atoms with Gasteiger partial charge in [0.1, 0.15) is 5.82 Å². The summed E-state index contributed by atoms with van der Waals surface area (Å²) in [6.07, 6.45) is 0.347. The second-order valence-corrected chi connectivity index (χ2v) is 4.59. The van der Waals surface area contributed by atoms with Crippen molar-refractivity contribution in [2.24, 2.45) is 5.92 Å². The van der Waals surface area contributed by atoms with Gasteiger partial charge in [-0.25, -0.2) is 9.18 Å². The highest BCUT2D eigenvalue weighted by molar-refractivity contribution is 7.80. The number of rotatable bonds is 3. The molecule has 1 aromatic carbocycles. The molecule has 1 aromatic rings. The first-order valence-electron chi connectivity index (χ1n) is 5.47. The average Bonchev–Trinajstić information content (AvgIpc) is 2.70. The summed E-state index contributed by atoms with van der Waals surface area (Å²) >= 11 is 4.14. The van der Waals surface area contributed by atoms with E-state index in [-0.39, 0.29) is 23.1 Å². The summed E-state index contributed by atoms with van der Waals surface area (Å²) in [7, 11) is 0. The number of carboxylic acid groups (broad SMARTS) is 1. The van der Waals surface area contributed by atoms with Gasteiger partial charge in [0, 0.05) is 13.0 Å². The maximum Gasteiger partial charge on any atom is 0.337 e. The molecule has 1 N–H and O–H groups in total. The zero-order valence-electron chi connectivity index (χ0n) is 9.47. The first kappa shape index (κ1) is 12.9. The standard InChI is InChI=1S/C12H12FNO3S/c13-8-1-2-10(9(4-8)12(16)17)14-5-7(6-18)3-11(14)15/h1-2,4,7,18H,3,5-6H2,(H,16,17). The fraction of sp³-hybridized carbons (Fsp3) is 0.333. The molecule has 1 aliphatic heterocycles. The molecule has 1 saturated heterocycles. The highest BCUT2D eigenvalue weighted by Crippen LogP contribution is 2.29. The number of anilines is 1. The van der Waals surface area contributed by atoms with Crippen LogP contribution in [-0.4, -0.2) is 29.3 Å². The number of aromatic carboxylic acids is 1. The number of thiol groups is 1. The van der Waals surface area contributed by atoms with Crippen molar-refractivity contribution in [1.29, 1.82) is 0 Å². The number of amides is 1. The maximum atomic E-state index is 13.1. The van der Waals surface area contributed by atoms with Gasteiger partial charge < -0.3 is 10.0 Å². The second kappa shape index (κ2) is 4.97. The molecular formula is C12H12FNO3S. The second-order valence-electron chi connectivity index (χ2n) is 4.22. The van der Waals surface area contributed by atoms with Crippen molar-refractivity contribution in [3.05, 3.63) is 29.6 Å². The molecule has 0 spiro atoms. The Labute approximate surface area is 109 Å². The number of halogens is 1. The van der Waals surface area contributed by atoms with Crippen molar-refractivity contribution in [1.82, 2.24) is 0 Å². The van der Waals surface area contributed by atoms with Gasteiger partial charge in [-0.3, -0.25) is 4.79 Å². The average molecular weight is 269 g/mol. The quantitative estimate of drug-likeness (QED) is 0.823. The monoisotopic (exact) mass is 269 g/mol. The minimum Gasteiger partial charge on any atom is -0.478 e. The Bertz CT molecular complexity index is 506. The molecule has 1 unspecified atom stereocenters. The molecular weight excluding hydrogens is 257 g/mol. The van der Waals surface area contributed by atoms with Crippen LogP contribution in [0.15, 0.2) is 18.2 Å². The van der Waals surface area contributed by atoms with Gasteiger partial charge in [0.05, 0.1) is 11.3 Å². The van der Waals surface area contributed by atoms with Crippen LogP contribution in [0.1, 0.15) is 16.8 Å². The normalized spacial score (nSPS) is 19.3. The van der Waals surface area contributed by atoms with Crippen LogP contribution in [-0.2, 0) is 4.79 Å². The van der Waals surface area contributed by atoms with Gasteiger partial charge in [-0.2, -0.15) is 12.6 Å². The molecule has 0 radical (unpaired) electrons. The Kier molecular flexibility index (Phi) is 3.56. The first-order chi connectivity index (χ1) is 8.52. The third-order valence-corrected chi connectivity index (χ3v) is 3.46. The molecule has 0 bridgehead atoms. The lowest BCUT2D eigenvalue weighted by Gasteiger charge is -2.18. The molecule has 2 rings (SSSR count). The zero-order chi connectivity index (χ0) is 13.3. The van der Waals surface area contributed by atoms with Crippen LogP contribution in [0, 0.1) is 11.7 Å². The Morgan fingerprint density at radius 1 is 1.56 bits per heavy atom. The van der Waals surface area contributed by atoms with Crippen LogP contribution >= 0.6 is 12.6 Å². The molecule has 1 atom stereocenters. The molecule has 1 aliphatic rings. The molecule has 0 aromatic heterocycles. The van der Waals surface area contributed by atoms with Gasteiger partial charge in [0.2, 0.25) is 5.91 Å². The molecule has 1 fully saturated rings. The largest absolute Gasteiger partial charge is 0.478 e. The van der Waals surface area contributed by atoms with Crippen molar-refractivity contribution in [2.45, 2.75) is 6.42 Å². The fourth-order valence-corrected chi connectivity index (χ4v) is 2.30. The predicted molar refractivity (Wildman–Crippen MR) is 67.7 cm³/mol. The number of carbonyl (C=O) groups is 2.